The minimum absolute atomic E-state index is 0.503. The summed E-state index contributed by atoms with van der Waals surface area (Å²) in [6, 6.07) is 72.4. The molecule has 260 valence electrons. The molecule has 0 atom stereocenters. The molecule has 0 fully saturated rings. The monoisotopic (exact) mass is 738 g/mol. The molecule has 0 radical (unpaired) electrons. The molecular weight excluding hydrogens is 705 g/mol. The van der Waals surface area contributed by atoms with Gasteiger partial charge in [-0.2, -0.15) is 4.98 Å². The van der Waals surface area contributed by atoms with Crippen LogP contribution in [0.25, 0.3) is 59.1 Å². The Bertz CT molecular complexity index is 3020. The molecule has 2 aromatic heterocycles. The van der Waals surface area contributed by atoms with Crippen LogP contribution in [0.15, 0.2) is 194 Å². The number of imidazole rings is 1. The molecule has 0 bridgehead atoms. The number of ether oxygens (including phenoxy) is 1. The minimum atomic E-state index is -2.87. The second-order valence-corrected chi connectivity index (χ2v) is 19.1. The smallest absolute Gasteiger partial charge is 0.302 e. The van der Waals surface area contributed by atoms with Gasteiger partial charge in [-0.05, 0) is 67.3 Å². The molecule has 10 aromatic rings. The highest BCUT2D eigenvalue weighted by Crippen LogP contribution is 2.40. The van der Waals surface area contributed by atoms with E-state index in [4.69, 9.17) is 9.72 Å². The molecular formula is C50H34N2OSSi. The SMILES string of the molecule is c1ccc([Si](c2ccccc2)(c2cccc(-c3ccc4c(c3)-n3c(nc5ccccc53)OC4)c2)c2cccc(-c3cccc4c3sc3ccccc34)c2)cc1. The van der Waals surface area contributed by atoms with Crippen LogP contribution in [0, 0.1) is 0 Å². The molecule has 0 amide bonds. The van der Waals surface area contributed by atoms with Crippen molar-refractivity contribution in [3.63, 3.8) is 0 Å². The summed E-state index contributed by atoms with van der Waals surface area (Å²) in [6.07, 6.45) is 0. The van der Waals surface area contributed by atoms with E-state index in [0.29, 0.717) is 12.6 Å². The molecule has 1 aliphatic heterocycles. The molecule has 0 saturated carbocycles. The highest BCUT2D eigenvalue weighted by atomic mass is 32.1. The van der Waals surface area contributed by atoms with Crippen molar-refractivity contribution >= 4 is 71.4 Å². The maximum atomic E-state index is 6.13. The van der Waals surface area contributed by atoms with E-state index in [0.717, 1.165) is 22.3 Å². The zero-order chi connectivity index (χ0) is 36.3. The fourth-order valence-corrected chi connectivity index (χ4v) is 14.8. The van der Waals surface area contributed by atoms with Gasteiger partial charge in [-0.15, -0.1) is 11.3 Å². The van der Waals surface area contributed by atoms with Crippen molar-refractivity contribution in [3.8, 4) is 34.0 Å². The average molecular weight is 739 g/mol. The lowest BCUT2D eigenvalue weighted by molar-refractivity contribution is 0.266. The quantitative estimate of drug-likeness (QED) is 0.126. The van der Waals surface area contributed by atoms with Gasteiger partial charge in [0.2, 0.25) is 0 Å². The first-order valence-corrected chi connectivity index (χ1v) is 21.5. The summed E-state index contributed by atoms with van der Waals surface area (Å²) in [5.41, 5.74) is 9.14. The van der Waals surface area contributed by atoms with Crippen LogP contribution >= 0.6 is 11.3 Å². The highest BCUT2D eigenvalue weighted by molar-refractivity contribution is 7.26. The van der Waals surface area contributed by atoms with Gasteiger partial charge in [-0.25, -0.2) is 0 Å². The maximum absolute atomic E-state index is 6.13. The number of para-hydroxylation sites is 2. The van der Waals surface area contributed by atoms with Crippen LogP contribution in [0.2, 0.25) is 0 Å². The summed E-state index contributed by atoms with van der Waals surface area (Å²) in [5.74, 6) is 0. The van der Waals surface area contributed by atoms with Crippen molar-refractivity contribution in [3.05, 3.63) is 200 Å². The number of aromatic nitrogens is 2. The summed E-state index contributed by atoms with van der Waals surface area (Å²) in [4.78, 5) is 4.81. The van der Waals surface area contributed by atoms with Crippen LogP contribution in [0.5, 0.6) is 6.01 Å². The van der Waals surface area contributed by atoms with Gasteiger partial charge in [0, 0.05) is 25.7 Å². The van der Waals surface area contributed by atoms with Gasteiger partial charge in [0.1, 0.15) is 6.61 Å². The Morgan fingerprint density at radius 2 is 1.13 bits per heavy atom. The lowest BCUT2D eigenvalue weighted by atomic mass is 10.0. The predicted molar refractivity (Wildman–Crippen MR) is 233 cm³/mol. The zero-order valence-electron chi connectivity index (χ0n) is 29.9. The number of thiophene rings is 1. The Morgan fingerprint density at radius 1 is 0.509 bits per heavy atom. The van der Waals surface area contributed by atoms with Crippen LogP contribution in [-0.2, 0) is 6.61 Å². The van der Waals surface area contributed by atoms with E-state index in [1.807, 2.05) is 23.5 Å². The topological polar surface area (TPSA) is 27.1 Å². The summed E-state index contributed by atoms with van der Waals surface area (Å²) in [7, 11) is -2.87. The van der Waals surface area contributed by atoms with E-state index < -0.39 is 8.07 Å². The van der Waals surface area contributed by atoms with Crippen LogP contribution in [0.1, 0.15) is 5.56 Å². The van der Waals surface area contributed by atoms with E-state index in [9.17, 15) is 0 Å². The maximum Gasteiger partial charge on any atom is 0.302 e. The van der Waals surface area contributed by atoms with Gasteiger partial charge < -0.3 is 4.74 Å². The van der Waals surface area contributed by atoms with E-state index in [-0.39, 0.29) is 0 Å². The molecule has 0 saturated heterocycles. The van der Waals surface area contributed by atoms with E-state index in [1.54, 1.807) is 0 Å². The molecule has 0 aliphatic carbocycles. The summed E-state index contributed by atoms with van der Waals surface area (Å²) in [5, 5.41) is 8.05. The van der Waals surface area contributed by atoms with Crippen LogP contribution < -0.4 is 25.5 Å². The normalized spacial score (nSPS) is 12.4. The molecule has 11 rings (SSSR count). The zero-order valence-corrected chi connectivity index (χ0v) is 31.7. The number of hydrogen-bond acceptors (Lipinski definition) is 3. The Morgan fingerprint density at radius 3 is 1.93 bits per heavy atom. The number of nitrogens with zero attached hydrogens (tertiary/aromatic N) is 2. The first-order chi connectivity index (χ1) is 27.3. The average Bonchev–Trinajstić information content (AvgIpc) is 3.84. The number of benzene rings is 8. The second-order valence-electron chi connectivity index (χ2n) is 14.3. The van der Waals surface area contributed by atoms with E-state index >= 15 is 0 Å². The Labute approximate surface area is 324 Å². The third-order valence-corrected chi connectivity index (χ3v) is 17.2. The lowest BCUT2D eigenvalue weighted by Gasteiger charge is -2.35. The minimum Gasteiger partial charge on any atom is -0.459 e. The molecule has 5 heteroatoms. The Kier molecular flexibility index (Phi) is 7.44. The van der Waals surface area contributed by atoms with Crippen LogP contribution in [0.4, 0.5) is 0 Å². The molecule has 55 heavy (non-hydrogen) atoms. The Balaban J connectivity index is 1.13. The van der Waals surface area contributed by atoms with Gasteiger partial charge in [0.05, 0.1) is 16.7 Å². The Hall–Kier alpha value is -6.53. The van der Waals surface area contributed by atoms with Crippen LogP contribution in [-0.4, -0.2) is 17.6 Å². The van der Waals surface area contributed by atoms with Crippen molar-refractivity contribution in [2.24, 2.45) is 0 Å². The van der Waals surface area contributed by atoms with Gasteiger partial charge >= 0.3 is 6.01 Å². The van der Waals surface area contributed by atoms with Crippen molar-refractivity contribution in [1.82, 2.24) is 9.55 Å². The number of fused-ring (bicyclic) bond motifs is 8. The van der Waals surface area contributed by atoms with Gasteiger partial charge in [0.25, 0.3) is 0 Å². The van der Waals surface area contributed by atoms with Gasteiger partial charge in [-0.3, -0.25) is 4.57 Å². The molecule has 3 nitrogen and oxygen atoms in total. The number of rotatable bonds is 6. The molecule has 0 spiro atoms. The third-order valence-electron chi connectivity index (χ3n) is 11.3. The van der Waals surface area contributed by atoms with Gasteiger partial charge in [-0.1, -0.05) is 170 Å². The first kappa shape index (κ1) is 31.9. The third kappa shape index (κ3) is 5.04. The summed E-state index contributed by atoms with van der Waals surface area (Å²) < 4.78 is 10.9. The molecule has 1 aliphatic rings. The van der Waals surface area contributed by atoms with E-state index in [2.05, 4.69) is 187 Å². The van der Waals surface area contributed by atoms with Crippen molar-refractivity contribution < 1.29 is 4.74 Å². The molecule has 0 N–H and O–H groups in total. The lowest BCUT2D eigenvalue weighted by Crippen LogP contribution is -2.74. The van der Waals surface area contributed by atoms with Crippen molar-refractivity contribution in [1.29, 1.82) is 0 Å². The fourth-order valence-electron chi connectivity index (χ4n) is 8.75. The largest absolute Gasteiger partial charge is 0.459 e. The fraction of sp³-hybridized carbons (Fsp3) is 0.0200. The summed E-state index contributed by atoms with van der Waals surface area (Å²) in [6.45, 7) is 0.503. The second kappa shape index (κ2) is 12.8. The van der Waals surface area contributed by atoms with Crippen molar-refractivity contribution in [2.45, 2.75) is 6.61 Å². The highest BCUT2D eigenvalue weighted by Gasteiger charge is 2.41. The standard InChI is InChI=1S/C50H34N2OSSi/c1-3-16-38(17-4-1)55(39-18-5-2-6-19-39,41-21-12-15-36(31-41)42-23-13-24-44-43-22-7-10-27-48(43)54-49(42)44)40-20-11-14-34(30-40)35-28-29-37-33-53-50-51-45-25-8-9-26-46(45)52(50)47(37)32-35/h1-32H,33H2. The first-order valence-electron chi connectivity index (χ1n) is 18.7. The van der Waals surface area contributed by atoms with Gasteiger partial charge in [0.15, 0.2) is 8.07 Å². The summed E-state index contributed by atoms with van der Waals surface area (Å²) >= 11 is 1.89. The van der Waals surface area contributed by atoms with Crippen LogP contribution in [0.3, 0.4) is 0 Å². The molecule has 0 unspecified atom stereocenters. The van der Waals surface area contributed by atoms with Crippen molar-refractivity contribution in [2.75, 3.05) is 0 Å². The molecule has 8 aromatic carbocycles. The predicted octanol–water partition coefficient (Wildman–Crippen LogP) is 10.00. The van der Waals surface area contributed by atoms with E-state index in [1.165, 1.54) is 63.2 Å². The number of hydrogen-bond donors (Lipinski definition) is 0. The molecule has 3 heterocycles.